The average Bonchev–Trinajstić information content (AvgIpc) is 2.90. The molecule has 0 amide bonds. The lowest BCUT2D eigenvalue weighted by Gasteiger charge is -2.11. The highest BCUT2D eigenvalue weighted by atomic mass is 16.5. The maximum atomic E-state index is 6.98. The van der Waals surface area contributed by atoms with Crippen molar-refractivity contribution in [1.82, 2.24) is 15.0 Å². The van der Waals surface area contributed by atoms with Crippen LogP contribution in [0.4, 0.5) is 11.8 Å². The number of ether oxygens (including phenoxy) is 1. The minimum atomic E-state index is 0.358. The molecular formula is C13H11N5O. The molecular weight excluding hydrogens is 242 g/mol. The molecule has 0 aliphatic carbocycles. The Balaban J connectivity index is 1.89. The average molecular weight is 253 g/mol. The first-order chi connectivity index (χ1) is 9.30. The molecule has 6 nitrogen and oxygen atoms in total. The lowest BCUT2D eigenvalue weighted by atomic mass is 10.2. The van der Waals surface area contributed by atoms with Crippen LogP contribution in [0.5, 0.6) is 5.88 Å². The summed E-state index contributed by atoms with van der Waals surface area (Å²) in [6.45, 7) is 8.39. The first-order valence-corrected chi connectivity index (χ1v) is 5.77. The van der Waals surface area contributed by atoms with Crippen molar-refractivity contribution in [1.29, 1.82) is 0 Å². The van der Waals surface area contributed by atoms with E-state index in [2.05, 4.69) is 19.8 Å². The summed E-state index contributed by atoms with van der Waals surface area (Å²) < 4.78 is 5.12. The zero-order valence-electron chi connectivity index (χ0n) is 10.4. The third kappa shape index (κ3) is 2.06. The van der Waals surface area contributed by atoms with E-state index >= 15 is 0 Å². The van der Waals surface area contributed by atoms with Gasteiger partial charge in [-0.15, -0.1) is 0 Å². The van der Waals surface area contributed by atoms with Gasteiger partial charge in [-0.2, -0.15) is 0 Å². The van der Waals surface area contributed by atoms with E-state index in [-0.39, 0.29) is 0 Å². The Hall–Kier alpha value is -2.68. The molecule has 2 aromatic rings. The molecule has 2 aromatic heterocycles. The first-order valence-electron chi connectivity index (χ1n) is 5.77. The molecule has 0 spiro atoms. The van der Waals surface area contributed by atoms with Gasteiger partial charge in [-0.3, -0.25) is 0 Å². The summed E-state index contributed by atoms with van der Waals surface area (Å²) in [5.74, 6) is 1.54. The van der Waals surface area contributed by atoms with Crippen LogP contribution in [0, 0.1) is 6.57 Å². The molecule has 0 unspecified atom stereocenters. The molecule has 94 valence electrons. The number of anilines is 1. The molecule has 0 fully saturated rings. The molecule has 6 heteroatoms. The van der Waals surface area contributed by atoms with E-state index in [1.807, 2.05) is 17.2 Å². The lowest BCUT2D eigenvalue weighted by molar-refractivity contribution is 0.397. The van der Waals surface area contributed by atoms with Crippen LogP contribution in [0.2, 0.25) is 0 Å². The fourth-order valence-corrected chi connectivity index (χ4v) is 2.07. The Labute approximate surface area is 110 Å². The fraction of sp³-hybridized carbons (Fsp3) is 0.231. The summed E-state index contributed by atoms with van der Waals surface area (Å²) >= 11 is 0. The van der Waals surface area contributed by atoms with Crippen LogP contribution < -0.4 is 9.64 Å². The van der Waals surface area contributed by atoms with Gasteiger partial charge in [0, 0.05) is 25.0 Å². The highest BCUT2D eigenvalue weighted by Crippen LogP contribution is 2.28. The van der Waals surface area contributed by atoms with Gasteiger partial charge in [0.2, 0.25) is 5.88 Å². The van der Waals surface area contributed by atoms with Crippen LogP contribution in [-0.4, -0.2) is 22.1 Å². The van der Waals surface area contributed by atoms with E-state index in [4.69, 9.17) is 11.3 Å². The molecule has 0 N–H and O–H groups in total. The van der Waals surface area contributed by atoms with Gasteiger partial charge in [-0.25, -0.2) is 9.97 Å². The fourth-order valence-electron chi connectivity index (χ4n) is 2.07. The molecule has 0 aromatic carbocycles. The summed E-state index contributed by atoms with van der Waals surface area (Å²) in [5.41, 5.74) is 2.29. The largest absolute Gasteiger partial charge is 0.481 e. The Morgan fingerprint density at radius 1 is 1.32 bits per heavy atom. The Morgan fingerprint density at radius 2 is 2.16 bits per heavy atom. The van der Waals surface area contributed by atoms with Crippen molar-refractivity contribution in [2.75, 3.05) is 12.0 Å². The van der Waals surface area contributed by atoms with E-state index < -0.39 is 0 Å². The van der Waals surface area contributed by atoms with Crippen molar-refractivity contribution in [3.05, 3.63) is 47.1 Å². The Bertz CT molecular complexity index is 664. The number of methoxy groups -OCH3 is 1. The first kappa shape index (κ1) is 11.4. The maximum absolute atomic E-state index is 6.98. The summed E-state index contributed by atoms with van der Waals surface area (Å²) in [6.07, 6.45) is 3.42. The number of fused-ring (bicyclic) bond motifs is 1. The van der Waals surface area contributed by atoms with Crippen molar-refractivity contribution < 1.29 is 4.74 Å². The number of rotatable bonds is 2. The number of hydrogen-bond donors (Lipinski definition) is 0. The molecule has 0 radical (unpaired) electrons. The molecule has 0 bridgehead atoms. The third-order valence-electron chi connectivity index (χ3n) is 3.01. The van der Waals surface area contributed by atoms with Gasteiger partial charge in [0.15, 0.2) is 0 Å². The SMILES string of the molecule is [C-]#[N+]c1ccnc(N2Cc3cnc(OC)cc3C2)n1. The van der Waals surface area contributed by atoms with E-state index in [1.165, 1.54) is 0 Å². The van der Waals surface area contributed by atoms with Gasteiger partial charge < -0.3 is 14.5 Å². The number of nitrogens with zero attached hydrogens (tertiary/aromatic N) is 5. The number of pyridine rings is 1. The lowest BCUT2D eigenvalue weighted by Crippen LogP contribution is -2.17. The second kappa shape index (κ2) is 4.53. The van der Waals surface area contributed by atoms with Gasteiger partial charge in [-0.1, -0.05) is 11.6 Å². The van der Waals surface area contributed by atoms with Crippen LogP contribution in [0.3, 0.4) is 0 Å². The highest BCUT2D eigenvalue weighted by Gasteiger charge is 2.24. The van der Waals surface area contributed by atoms with Crippen LogP contribution in [0.15, 0.2) is 24.5 Å². The molecule has 0 saturated heterocycles. The molecule has 1 aliphatic rings. The van der Waals surface area contributed by atoms with Crippen molar-refractivity contribution >= 4 is 11.8 Å². The number of hydrogen-bond acceptors (Lipinski definition) is 5. The Kier molecular flexibility index (Phi) is 2.72. The van der Waals surface area contributed by atoms with Crippen molar-refractivity contribution in [2.45, 2.75) is 13.1 Å². The summed E-state index contributed by atoms with van der Waals surface area (Å²) in [4.78, 5) is 17.9. The van der Waals surface area contributed by atoms with Gasteiger partial charge in [-0.05, 0) is 17.2 Å². The second-order valence-electron chi connectivity index (χ2n) is 4.18. The zero-order chi connectivity index (χ0) is 13.2. The van der Waals surface area contributed by atoms with Gasteiger partial charge in [0.25, 0.3) is 5.82 Å². The topological polar surface area (TPSA) is 55.5 Å². The molecule has 19 heavy (non-hydrogen) atoms. The third-order valence-corrected chi connectivity index (χ3v) is 3.01. The van der Waals surface area contributed by atoms with Crippen molar-refractivity contribution in [3.8, 4) is 5.88 Å². The summed E-state index contributed by atoms with van der Waals surface area (Å²) in [7, 11) is 1.60. The predicted molar refractivity (Wildman–Crippen MR) is 69.0 cm³/mol. The maximum Gasteiger partial charge on any atom is 0.322 e. The predicted octanol–water partition coefficient (Wildman–Crippen LogP) is 1.95. The van der Waals surface area contributed by atoms with Crippen molar-refractivity contribution in [2.24, 2.45) is 0 Å². The number of aromatic nitrogens is 3. The molecule has 3 rings (SSSR count). The van der Waals surface area contributed by atoms with Crippen LogP contribution in [0.25, 0.3) is 4.85 Å². The standard InChI is InChI=1S/C13H11N5O/c1-14-11-3-4-15-13(17-11)18-7-9-5-12(19-2)16-6-10(9)8-18/h3-6H,7-8H2,2H3. The van der Waals surface area contributed by atoms with Crippen LogP contribution >= 0.6 is 0 Å². The smallest absolute Gasteiger partial charge is 0.322 e. The monoisotopic (exact) mass is 253 g/mol. The summed E-state index contributed by atoms with van der Waals surface area (Å²) in [6, 6.07) is 3.53. The second-order valence-corrected chi connectivity index (χ2v) is 4.18. The van der Waals surface area contributed by atoms with Gasteiger partial charge >= 0.3 is 5.95 Å². The molecule has 3 heterocycles. The molecule has 0 atom stereocenters. The van der Waals surface area contributed by atoms with Gasteiger partial charge in [0.1, 0.15) is 0 Å². The zero-order valence-corrected chi connectivity index (χ0v) is 10.4. The molecule has 0 saturated carbocycles. The molecule has 1 aliphatic heterocycles. The van der Waals surface area contributed by atoms with Crippen LogP contribution in [0.1, 0.15) is 11.1 Å². The quantitative estimate of drug-likeness (QED) is 0.766. The minimum Gasteiger partial charge on any atom is -0.481 e. The summed E-state index contributed by atoms with van der Waals surface area (Å²) in [5, 5.41) is 0. The van der Waals surface area contributed by atoms with E-state index in [1.54, 1.807) is 19.4 Å². The van der Waals surface area contributed by atoms with E-state index in [9.17, 15) is 0 Å². The van der Waals surface area contributed by atoms with E-state index in [0.29, 0.717) is 30.7 Å². The van der Waals surface area contributed by atoms with Crippen LogP contribution in [-0.2, 0) is 13.1 Å². The normalized spacial score (nSPS) is 12.9. The van der Waals surface area contributed by atoms with Gasteiger partial charge in [0.05, 0.1) is 13.7 Å². The van der Waals surface area contributed by atoms with Crippen molar-refractivity contribution in [3.63, 3.8) is 0 Å². The van der Waals surface area contributed by atoms with E-state index in [0.717, 1.165) is 11.1 Å². The Morgan fingerprint density at radius 3 is 2.95 bits per heavy atom. The highest BCUT2D eigenvalue weighted by molar-refractivity contribution is 5.47. The minimum absolute atomic E-state index is 0.358.